The van der Waals surface area contributed by atoms with Crippen LogP contribution in [0.15, 0.2) is 59.5 Å². The maximum atomic E-state index is 13.9. The van der Waals surface area contributed by atoms with Gasteiger partial charge in [0, 0.05) is 6.42 Å². The minimum absolute atomic E-state index is 0.0315. The number of nitrogens with zero attached hydrogens (tertiary/aromatic N) is 2. The van der Waals surface area contributed by atoms with Gasteiger partial charge in [0.2, 0.25) is 15.9 Å². The van der Waals surface area contributed by atoms with Crippen LogP contribution in [-0.2, 0) is 49.8 Å². The molecule has 4 rings (SSSR count). The molecule has 0 unspecified atom stereocenters. The van der Waals surface area contributed by atoms with Crippen LogP contribution < -0.4 is 10.0 Å². The molecule has 2 aliphatic rings. The lowest BCUT2D eigenvalue weighted by Crippen LogP contribution is -2.60. The van der Waals surface area contributed by atoms with Crippen LogP contribution >= 0.6 is 0 Å². The van der Waals surface area contributed by atoms with E-state index in [1.807, 2.05) is 0 Å². The number of cyclic esters (lactones) is 2. The zero-order valence-electron chi connectivity index (χ0n) is 25.7. The second kappa shape index (κ2) is 13.7. The minimum Gasteiger partial charge on any atom is -0.467 e. The van der Waals surface area contributed by atoms with Gasteiger partial charge in [-0.1, -0.05) is 48.0 Å². The van der Waals surface area contributed by atoms with Crippen molar-refractivity contribution >= 4 is 45.9 Å². The topological polar surface area (TPSA) is 195 Å². The number of amides is 5. The summed E-state index contributed by atoms with van der Waals surface area (Å²) in [5.74, 6) is -4.05. The molecular weight excluding hydrogens is 624 g/mol. The first-order valence-electron chi connectivity index (χ1n) is 14.2. The molecule has 0 bridgehead atoms. The zero-order valence-corrected chi connectivity index (χ0v) is 26.5. The molecule has 2 aromatic rings. The first-order valence-corrected chi connectivity index (χ1v) is 15.7. The monoisotopic (exact) mass is 658 g/mol. The van der Waals surface area contributed by atoms with Crippen molar-refractivity contribution in [3.8, 4) is 0 Å². The van der Waals surface area contributed by atoms with Crippen molar-refractivity contribution in [3.63, 3.8) is 0 Å². The van der Waals surface area contributed by atoms with Crippen molar-refractivity contribution in [1.82, 2.24) is 19.8 Å². The van der Waals surface area contributed by atoms with Crippen molar-refractivity contribution in [3.05, 3.63) is 65.7 Å². The maximum Gasteiger partial charge on any atom is 0.417 e. The molecule has 15 nitrogen and oxygen atoms in total. The smallest absolute Gasteiger partial charge is 0.417 e. The standard InChI is InChI=1S/C30H34N4O11S/c1-16-11-13-21(14-12-16)46(41,42)32-17(2)26(36)34-24(19(4)45-30(34)40)27(37)33-23(18(3)44-29(33)39)25(35)31-22(28(38)43-5)15-20-9-7-6-8-10-20/h6-14,17-19,22-24,32H,15H2,1-5H3,(H,31,35)/t17-,18+,19-,22-,23-,24+/m0/s1. The van der Waals surface area contributed by atoms with Gasteiger partial charge in [-0.05, 0) is 45.4 Å². The fourth-order valence-electron chi connectivity index (χ4n) is 5.17. The Balaban J connectivity index is 1.57. The van der Waals surface area contributed by atoms with Crippen molar-refractivity contribution in [2.45, 2.75) is 75.4 Å². The van der Waals surface area contributed by atoms with E-state index < -0.39 is 82.3 Å². The molecular formula is C30H34N4O11S. The number of esters is 1. The van der Waals surface area contributed by atoms with Crippen LogP contribution in [0, 0.1) is 6.92 Å². The van der Waals surface area contributed by atoms with Crippen LogP contribution in [0.2, 0.25) is 0 Å². The average molecular weight is 659 g/mol. The highest BCUT2D eigenvalue weighted by Gasteiger charge is 2.56. The normalized spacial score (nSPS) is 22.5. The highest BCUT2D eigenvalue weighted by molar-refractivity contribution is 7.89. The predicted molar refractivity (Wildman–Crippen MR) is 158 cm³/mol. The van der Waals surface area contributed by atoms with Crippen molar-refractivity contribution in [2.75, 3.05) is 7.11 Å². The third-order valence-electron chi connectivity index (χ3n) is 7.53. The van der Waals surface area contributed by atoms with E-state index in [0.29, 0.717) is 15.4 Å². The molecule has 2 fully saturated rings. The van der Waals surface area contributed by atoms with E-state index in [1.54, 1.807) is 49.4 Å². The molecule has 0 saturated carbocycles. The summed E-state index contributed by atoms with van der Waals surface area (Å²) in [7, 11) is -3.09. The Bertz CT molecular complexity index is 1630. The number of carbonyl (C=O) groups excluding carboxylic acids is 6. The van der Waals surface area contributed by atoms with Gasteiger partial charge >= 0.3 is 18.2 Å². The summed E-state index contributed by atoms with van der Waals surface area (Å²) in [5.41, 5.74) is 1.49. The molecule has 2 heterocycles. The van der Waals surface area contributed by atoms with E-state index in [-0.39, 0.29) is 11.3 Å². The van der Waals surface area contributed by atoms with Crippen LogP contribution in [-0.4, -0.2) is 97.6 Å². The number of imide groups is 2. The highest BCUT2D eigenvalue weighted by Crippen LogP contribution is 2.28. The molecule has 0 aromatic heterocycles. The largest absolute Gasteiger partial charge is 0.467 e. The fraction of sp³-hybridized carbons (Fsp3) is 0.400. The van der Waals surface area contributed by atoms with Gasteiger partial charge in [-0.3, -0.25) is 14.4 Å². The number of aryl methyl sites for hydroxylation is 1. The van der Waals surface area contributed by atoms with E-state index in [1.165, 1.54) is 32.9 Å². The average Bonchev–Trinajstić information content (AvgIpc) is 3.48. The van der Waals surface area contributed by atoms with E-state index >= 15 is 0 Å². The van der Waals surface area contributed by atoms with Crippen LogP contribution in [0.25, 0.3) is 0 Å². The van der Waals surface area contributed by atoms with E-state index in [0.717, 1.165) is 12.7 Å². The van der Waals surface area contributed by atoms with Gasteiger partial charge in [0.05, 0.1) is 18.0 Å². The first-order chi connectivity index (χ1) is 21.7. The van der Waals surface area contributed by atoms with Crippen LogP contribution in [0.5, 0.6) is 0 Å². The number of methoxy groups -OCH3 is 1. The van der Waals surface area contributed by atoms with E-state index in [4.69, 9.17) is 14.2 Å². The summed E-state index contributed by atoms with van der Waals surface area (Å²) >= 11 is 0. The van der Waals surface area contributed by atoms with Gasteiger partial charge in [0.15, 0.2) is 12.1 Å². The quantitative estimate of drug-likeness (QED) is 0.273. The zero-order chi connectivity index (χ0) is 33.9. The first kappa shape index (κ1) is 34.1. The molecule has 0 spiro atoms. The summed E-state index contributed by atoms with van der Waals surface area (Å²) in [5, 5.41) is 2.51. The summed E-state index contributed by atoms with van der Waals surface area (Å²) in [6, 6.07) is 8.39. The van der Waals surface area contributed by atoms with Crippen molar-refractivity contribution < 1.29 is 51.4 Å². The molecule has 0 radical (unpaired) electrons. The Morgan fingerprint density at radius 2 is 1.46 bits per heavy atom. The van der Waals surface area contributed by atoms with Gasteiger partial charge in [-0.25, -0.2) is 32.6 Å². The molecule has 2 saturated heterocycles. The Morgan fingerprint density at radius 3 is 2.04 bits per heavy atom. The van der Waals surface area contributed by atoms with Crippen LogP contribution in [0.4, 0.5) is 9.59 Å². The Labute approximate surface area is 265 Å². The molecule has 6 atom stereocenters. The van der Waals surface area contributed by atoms with E-state index in [2.05, 4.69) is 10.0 Å². The number of benzene rings is 2. The van der Waals surface area contributed by atoms with Crippen LogP contribution in [0.3, 0.4) is 0 Å². The van der Waals surface area contributed by atoms with Gasteiger partial charge in [-0.15, -0.1) is 0 Å². The number of rotatable bonds is 10. The molecule has 16 heteroatoms. The number of carbonyl (C=O) groups is 6. The second-order valence-corrected chi connectivity index (χ2v) is 12.6. The molecule has 2 aromatic carbocycles. The third kappa shape index (κ3) is 7.02. The predicted octanol–water partition coefficient (Wildman–Crippen LogP) is 1.03. The van der Waals surface area contributed by atoms with Gasteiger partial charge in [0.25, 0.3) is 11.8 Å². The Hall–Kier alpha value is -4.83. The molecule has 5 amide bonds. The Morgan fingerprint density at radius 1 is 0.891 bits per heavy atom. The summed E-state index contributed by atoms with van der Waals surface area (Å²) in [6.07, 6.45) is -4.94. The molecule has 2 N–H and O–H groups in total. The second-order valence-electron chi connectivity index (χ2n) is 10.9. The molecule has 246 valence electrons. The summed E-state index contributed by atoms with van der Waals surface area (Å²) in [6.45, 7) is 5.58. The lowest BCUT2D eigenvalue weighted by Gasteiger charge is -2.29. The maximum absolute atomic E-state index is 13.9. The lowest BCUT2D eigenvalue weighted by atomic mass is 10.0. The number of ether oxygens (including phenoxy) is 3. The van der Waals surface area contributed by atoms with Crippen LogP contribution in [0.1, 0.15) is 31.9 Å². The third-order valence-corrected chi connectivity index (χ3v) is 9.08. The van der Waals surface area contributed by atoms with Crippen molar-refractivity contribution in [1.29, 1.82) is 0 Å². The molecule has 0 aliphatic carbocycles. The minimum atomic E-state index is -4.22. The number of hydrogen-bond acceptors (Lipinski definition) is 11. The molecule has 2 aliphatic heterocycles. The summed E-state index contributed by atoms with van der Waals surface area (Å²) < 4.78 is 43.1. The highest BCUT2D eigenvalue weighted by atomic mass is 32.2. The molecule has 46 heavy (non-hydrogen) atoms. The van der Waals surface area contributed by atoms with Gasteiger partial charge in [0.1, 0.15) is 18.2 Å². The fourth-order valence-corrected chi connectivity index (χ4v) is 6.36. The van der Waals surface area contributed by atoms with Gasteiger partial charge in [-0.2, -0.15) is 4.72 Å². The lowest BCUT2D eigenvalue weighted by molar-refractivity contribution is -0.147. The van der Waals surface area contributed by atoms with Crippen molar-refractivity contribution in [2.24, 2.45) is 0 Å². The van der Waals surface area contributed by atoms with Gasteiger partial charge < -0.3 is 19.5 Å². The number of nitrogens with one attached hydrogen (secondary N) is 2. The van der Waals surface area contributed by atoms with E-state index in [9.17, 15) is 37.2 Å². The number of hydrogen-bond donors (Lipinski definition) is 2. The number of sulfonamides is 1. The SMILES string of the molecule is COC(=O)[C@H](Cc1ccccc1)NC(=O)[C@@H]1[C@@H](C)OC(=O)N1C(=O)[C@H]1[C@H](C)OC(=O)N1C(=O)[C@H](C)NS(=O)(=O)c1ccc(C)cc1. The summed E-state index contributed by atoms with van der Waals surface area (Å²) in [4.78, 5) is 79.9. The Kier molecular flexibility index (Phi) is 10.1.